The van der Waals surface area contributed by atoms with E-state index in [0.717, 1.165) is 0 Å². The lowest BCUT2D eigenvalue weighted by atomic mass is 10.0. The van der Waals surface area contributed by atoms with Crippen molar-refractivity contribution < 1.29 is 4.57 Å². The van der Waals surface area contributed by atoms with E-state index in [-0.39, 0.29) is 0 Å². The van der Waals surface area contributed by atoms with Crippen LogP contribution in [0, 0.1) is 0 Å². The molecule has 0 spiro atoms. The average molecular weight is 403 g/mol. The van der Waals surface area contributed by atoms with Crippen molar-refractivity contribution in [3.63, 3.8) is 0 Å². The lowest BCUT2D eigenvalue weighted by Gasteiger charge is -2.03. The van der Waals surface area contributed by atoms with Gasteiger partial charge in [0.25, 0.3) is 0 Å². The number of aromatic nitrogens is 1. The first-order valence-corrected chi connectivity index (χ1v) is 13.3. The third-order valence-corrected chi connectivity index (χ3v) is 6.30. The second-order valence-electron chi connectivity index (χ2n) is 9.20. The predicted molar refractivity (Wildman–Crippen MR) is 129 cm³/mol. The topological polar surface area (TPSA) is 3.88 Å². The van der Waals surface area contributed by atoms with Gasteiger partial charge in [0.15, 0.2) is 12.4 Å². The molecule has 1 nitrogen and oxygen atoms in total. The maximum absolute atomic E-state index is 2.38. The first-order valence-electron chi connectivity index (χ1n) is 13.3. The molecule has 0 atom stereocenters. The van der Waals surface area contributed by atoms with Gasteiger partial charge in [-0.2, -0.15) is 0 Å². The van der Waals surface area contributed by atoms with E-state index in [1.807, 2.05) is 0 Å². The Labute approximate surface area is 183 Å². The van der Waals surface area contributed by atoms with Gasteiger partial charge in [0.05, 0.1) is 0 Å². The highest BCUT2D eigenvalue weighted by Crippen LogP contribution is 2.12. The minimum absolute atomic E-state index is 1.19. The molecule has 0 saturated carbocycles. The fraction of sp³-hybridized carbons (Fsp3) is 0.821. The Kier molecular flexibility index (Phi) is 18.4. The first kappa shape index (κ1) is 26.2. The molecule has 1 heteroatoms. The van der Waals surface area contributed by atoms with Gasteiger partial charge in [-0.05, 0) is 24.8 Å². The third-order valence-electron chi connectivity index (χ3n) is 6.30. The van der Waals surface area contributed by atoms with Crippen LogP contribution in [0.2, 0.25) is 0 Å². The summed E-state index contributed by atoms with van der Waals surface area (Å²) in [5.41, 5.74) is 1.52. The van der Waals surface area contributed by atoms with Gasteiger partial charge in [0.1, 0.15) is 6.54 Å². The van der Waals surface area contributed by atoms with E-state index in [0.29, 0.717) is 0 Å². The summed E-state index contributed by atoms with van der Waals surface area (Å²) in [6.45, 7) is 5.78. The zero-order valence-electron chi connectivity index (χ0n) is 20.1. The van der Waals surface area contributed by atoms with Crippen LogP contribution < -0.4 is 4.57 Å². The molecule has 168 valence electrons. The van der Waals surface area contributed by atoms with Gasteiger partial charge in [-0.15, -0.1) is 0 Å². The molecule has 1 rings (SSSR count). The zero-order valence-corrected chi connectivity index (χ0v) is 20.1. The first-order chi connectivity index (χ1) is 14.4. The molecule has 0 unspecified atom stereocenters. The number of nitrogens with zero attached hydrogens (tertiary/aromatic N) is 1. The Balaban J connectivity index is 1.93. The molecule has 1 aromatic rings. The Morgan fingerprint density at radius 3 is 1.31 bits per heavy atom. The molecule has 0 amide bonds. The molecule has 29 heavy (non-hydrogen) atoms. The van der Waals surface area contributed by atoms with Gasteiger partial charge in [-0.3, -0.25) is 0 Å². The molecule has 0 bridgehead atoms. The van der Waals surface area contributed by atoms with Crippen LogP contribution in [0.1, 0.15) is 141 Å². The Morgan fingerprint density at radius 2 is 0.862 bits per heavy atom. The van der Waals surface area contributed by atoms with Crippen LogP contribution in [-0.2, 0) is 13.0 Å². The number of hydrogen-bond acceptors (Lipinski definition) is 0. The summed E-state index contributed by atoms with van der Waals surface area (Å²) in [4.78, 5) is 0. The lowest BCUT2D eigenvalue weighted by Crippen LogP contribution is -2.32. The van der Waals surface area contributed by atoms with E-state index in [1.54, 1.807) is 0 Å². The molecule has 0 aliphatic rings. The Bertz CT molecular complexity index is 436. The summed E-state index contributed by atoms with van der Waals surface area (Å²) in [7, 11) is 0. The minimum Gasteiger partial charge on any atom is -0.205 e. The highest BCUT2D eigenvalue weighted by molar-refractivity contribution is 5.07. The quantitative estimate of drug-likeness (QED) is 0.143. The SMILES string of the molecule is CCCCCCCCCCCC[n+]1ccc(CCCCCCCCCCC)cc1. The number of aryl methyl sites for hydroxylation is 2. The average Bonchev–Trinajstić information content (AvgIpc) is 2.75. The largest absolute Gasteiger partial charge is 0.205 e. The van der Waals surface area contributed by atoms with Crippen molar-refractivity contribution in [2.75, 3.05) is 0 Å². The van der Waals surface area contributed by atoms with Crippen LogP contribution in [0.15, 0.2) is 24.5 Å². The summed E-state index contributed by atoms with van der Waals surface area (Å²) >= 11 is 0. The molecule has 0 radical (unpaired) electrons. The van der Waals surface area contributed by atoms with Crippen LogP contribution in [0.4, 0.5) is 0 Å². The highest BCUT2D eigenvalue weighted by Gasteiger charge is 2.02. The van der Waals surface area contributed by atoms with E-state index in [4.69, 9.17) is 0 Å². The molecule has 0 saturated heterocycles. The van der Waals surface area contributed by atoms with Crippen molar-refractivity contribution in [2.24, 2.45) is 0 Å². The van der Waals surface area contributed by atoms with Crippen LogP contribution in [0.25, 0.3) is 0 Å². The van der Waals surface area contributed by atoms with Crippen LogP contribution in [-0.4, -0.2) is 0 Å². The van der Waals surface area contributed by atoms with E-state index >= 15 is 0 Å². The second-order valence-corrected chi connectivity index (χ2v) is 9.20. The number of pyridine rings is 1. The fourth-order valence-electron chi connectivity index (χ4n) is 4.23. The van der Waals surface area contributed by atoms with Crippen LogP contribution in [0.5, 0.6) is 0 Å². The summed E-state index contributed by atoms with van der Waals surface area (Å²) in [6, 6.07) is 4.70. The van der Waals surface area contributed by atoms with Crippen molar-refractivity contribution >= 4 is 0 Å². The number of hydrogen-bond donors (Lipinski definition) is 0. The lowest BCUT2D eigenvalue weighted by molar-refractivity contribution is -0.697. The zero-order chi connectivity index (χ0) is 20.8. The van der Waals surface area contributed by atoms with Crippen molar-refractivity contribution in [1.82, 2.24) is 0 Å². The van der Waals surface area contributed by atoms with Crippen molar-refractivity contribution in [1.29, 1.82) is 0 Å². The van der Waals surface area contributed by atoms with E-state index in [9.17, 15) is 0 Å². The summed E-state index contributed by atoms with van der Waals surface area (Å²) < 4.78 is 2.38. The van der Waals surface area contributed by atoms with Crippen LogP contribution in [0.3, 0.4) is 0 Å². The summed E-state index contributed by atoms with van der Waals surface area (Å²) in [6.07, 6.45) is 32.8. The fourth-order valence-corrected chi connectivity index (χ4v) is 4.23. The molecule has 1 aromatic heterocycles. The van der Waals surface area contributed by atoms with Gasteiger partial charge < -0.3 is 0 Å². The van der Waals surface area contributed by atoms with E-state index < -0.39 is 0 Å². The minimum atomic E-state index is 1.19. The van der Waals surface area contributed by atoms with Crippen LogP contribution >= 0.6 is 0 Å². The van der Waals surface area contributed by atoms with Crippen molar-refractivity contribution in [2.45, 2.75) is 149 Å². The molecule has 0 N–H and O–H groups in total. The maximum atomic E-state index is 2.38. The standard InChI is InChI=1S/C28H52N/c1-3-5-7-9-11-13-15-17-19-21-25-29-26-23-28(24-27-29)22-20-18-16-14-12-10-8-6-4-2/h23-24,26-27H,3-22,25H2,1-2H3/q+1. The number of unbranched alkanes of at least 4 members (excludes halogenated alkanes) is 17. The molecule has 0 aromatic carbocycles. The number of rotatable bonds is 21. The molecule has 1 heterocycles. The third kappa shape index (κ3) is 16.6. The highest BCUT2D eigenvalue weighted by atomic mass is 14.9. The molecule has 0 aliphatic carbocycles. The van der Waals surface area contributed by atoms with Gasteiger partial charge in [-0.1, -0.05) is 117 Å². The molecule has 0 fully saturated rings. The Hall–Kier alpha value is -0.850. The smallest absolute Gasteiger partial charge is 0.169 e. The van der Waals surface area contributed by atoms with Gasteiger partial charge in [-0.25, -0.2) is 4.57 Å². The Morgan fingerprint density at radius 1 is 0.483 bits per heavy atom. The maximum Gasteiger partial charge on any atom is 0.169 e. The van der Waals surface area contributed by atoms with Gasteiger partial charge in [0.2, 0.25) is 0 Å². The van der Waals surface area contributed by atoms with E-state index in [1.165, 1.54) is 141 Å². The molecule has 0 aliphatic heterocycles. The van der Waals surface area contributed by atoms with Gasteiger partial charge >= 0.3 is 0 Å². The van der Waals surface area contributed by atoms with Gasteiger partial charge in [0, 0.05) is 18.6 Å². The molecular formula is C28H52N+. The monoisotopic (exact) mass is 402 g/mol. The normalized spacial score (nSPS) is 11.2. The van der Waals surface area contributed by atoms with E-state index in [2.05, 4.69) is 42.9 Å². The molecular weight excluding hydrogens is 350 g/mol. The summed E-state index contributed by atoms with van der Waals surface area (Å²) in [5, 5.41) is 0. The van der Waals surface area contributed by atoms with Crippen molar-refractivity contribution in [3.05, 3.63) is 30.1 Å². The summed E-state index contributed by atoms with van der Waals surface area (Å²) in [5.74, 6) is 0. The second kappa shape index (κ2) is 20.4. The predicted octanol–water partition coefficient (Wildman–Crippen LogP) is 8.97. The van der Waals surface area contributed by atoms with Crippen molar-refractivity contribution in [3.8, 4) is 0 Å².